The van der Waals surface area contributed by atoms with Gasteiger partial charge in [0.1, 0.15) is 5.69 Å². The van der Waals surface area contributed by atoms with Crippen molar-refractivity contribution < 1.29 is 27.6 Å². The van der Waals surface area contributed by atoms with E-state index in [-0.39, 0.29) is 0 Å². The number of alkyl halides is 2. The normalized spacial score (nSPS) is 10.5. The lowest BCUT2D eigenvalue weighted by molar-refractivity contribution is -0.388. The van der Waals surface area contributed by atoms with Gasteiger partial charge in [-0.05, 0) is 0 Å². The first-order chi connectivity index (χ1) is 8.38. The van der Waals surface area contributed by atoms with Crippen LogP contribution in [0.2, 0.25) is 0 Å². The average Bonchev–Trinajstić information content (AvgIpc) is 2.27. The molecule has 1 aromatic heterocycles. The highest BCUT2D eigenvalue weighted by Crippen LogP contribution is 2.29. The Kier molecular flexibility index (Phi) is 4.18. The maximum Gasteiger partial charge on any atom is 0.312 e. The number of hydrogen-bond acceptors (Lipinski definition) is 5. The summed E-state index contributed by atoms with van der Waals surface area (Å²) in [6.45, 7) is 0. The molecule has 0 saturated heterocycles. The second kappa shape index (κ2) is 5.43. The van der Waals surface area contributed by atoms with E-state index in [0.29, 0.717) is 6.20 Å². The zero-order chi connectivity index (χ0) is 13.9. The Hall–Kier alpha value is -2.19. The Morgan fingerprint density at radius 2 is 2.22 bits per heavy atom. The molecular weight excluding hydrogens is 257 g/mol. The Labute approximate surface area is 98.5 Å². The summed E-state index contributed by atoms with van der Waals surface area (Å²) in [7, 11) is 1.03. The molecule has 1 aromatic rings. The predicted molar refractivity (Wildman–Crippen MR) is 51.5 cm³/mol. The van der Waals surface area contributed by atoms with Crippen LogP contribution in [0.1, 0.15) is 17.7 Å². The minimum Gasteiger partial charge on any atom is -0.469 e. The summed E-state index contributed by atoms with van der Waals surface area (Å²) in [5.74, 6) is -2.61. The number of pyridine rings is 1. The van der Waals surface area contributed by atoms with Gasteiger partial charge in [0, 0.05) is 6.20 Å². The first-order valence-electron chi connectivity index (χ1n) is 4.55. The van der Waals surface area contributed by atoms with Gasteiger partial charge in [-0.1, -0.05) is 0 Å². The third kappa shape index (κ3) is 2.73. The molecule has 0 atom stereocenters. The predicted octanol–water partition coefficient (Wildman–Crippen LogP) is 1.78. The maximum atomic E-state index is 13.5. The van der Waals surface area contributed by atoms with Crippen LogP contribution < -0.4 is 0 Å². The molecule has 0 aliphatic heterocycles. The molecule has 0 aliphatic rings. The van der Waals surface area contributed by atoms with Crippen LogP contribution in [0.4, 0.5) is 18.9 Å². The second-order valence-corrected chi connectivity index (χ2v) is 3.14. The first-order valence-corrected chi connectivity index (χ1v) is 4.55. The SMILES string of the molecule is COC(=O)Cc1cnc(C(F)F)c(F)c1[N+](=O)[O-]. The zero-order valence-corrected chi connectivity index (χ0v) is 9.02. The summed E-state index contributed by atoms with van der Waals surface area (Å²) in [6.07, 6.45) is -3.24. The number of esters is 1. The van der Waals surface area contributed by atoms with Crippen molar-refractivity contribution in [3.63, 3.8) is 0 Å². The van der Waals surface area contributed by atoms with Crippen molar-refractivity contribution in [2.45, 2.75) is 12.8 Å². The number of halogens is 3. The number of methoxy groups -OCH3 is 1. The summed E-state index contributed by atoms with van der Waals surface area (Å²) in [5, 5.41) is 10.6. The fraction of sp³-hybridized carbons (Fsp3) is 0.333. The maximum absolute atomic E-state index is 13.5. The molecule has 0 saturated carbocycles. The summed E-state index contributed by atoms with van der Waals surface area (Å²) in [6, 6.07) is 0. The van der Waals surface area contributed by atoms with Crippen molar-refractivity contribution in [3.05, 3.63) is 33.4 Å². The van der Waals surface area contributed by atoms with Crippen molar-refractivity contribution in [2.24, 2.45) is 0 Å². The number of carbonyl (C=O) groups excluding carboxylic acids is 1. The van der Waals surface area contributed by atoms with E-state index in [1.165, 1.54) is 0 Å². The van der Waals surface area contributed by atoms with Gasteiger partial charge in [-0.25, -0.2) is 8.78 Å². The van der Waals surface area contributed by atoms with Gasteiger partial charge in [-0.3, -0.25) is 19.9 Å². The van der Waals surface area contributed by atoms with E-state index in [9.17, 15) is 28.1 Å². The van der Waals surface area contributed by atoms with E-state index in [1.807, 2.05) is 0 Å². The number of rotatable bonds is 4. The molecule has 0 aliphatic carbocycles. The summed E-state index contributed by atoms with van der Waals surface area (Å²) < 4.78 is 42.3. The van der Waals surface area contributed by atoms with E-state index in [0.717, 1.165) is 7.11 Å². The molecule has 0 fully saturated rings. The molecule has 0 amide bonds. The number of nitro groups is 1. The van der Waals surface area contributed by atoms with E-state index < -0.39 is 46.5 Å². The number of aromatic nitrogens is 1. The standard InChI is InChI=1S/C9H7F3N2O4/c1-18-5(15)2-4-3-13-7(9(11)12)6(10)8(4)14(16)17/h3,9H,2H2,1H3. The fourth-order valence-electron chi connectivity index (χ4n) is 1.23. The highest BCUT2D eigenvalue weighted by Gasteiger charge is 2.29. The van der Waals surface area contributed by atoms with Crippen molar-refractivity contribution in [1.29, 1.82) is 0 Å². The van der Waals surface area contributed by atoms with Gasteiger partial charge in [0.25, 0.3) is 6.43 Å². The third-order valence-corrected chi connectivity index (χ3v) is 2.05. The molecule has 9 heteroatoms. The summed E-state index contributed by atoms with van der Waals surface area (Å²) in [5.41, 5.74) is -2.94. The summed E-state index contributed by atoms with van der Waals surface area (Å²) in [4.78, 5) is 23.5. The minimum absolute atomic E-state index is 0.422. The lowest BCUT2D eigenvalue weighted by atomic mass is 10.1. The fourth-order valence-corrected chi connectivity index (χ4v) is 1.23. The largest absolute Gasteiger partial charge is 0.469 e. The Bertz CT molecular complexity index is 493. The number of hydrogen-bond donors (Lipinski definition) is 0. The number of carbonyl (C=O) groups is 1. The molecule has 0 bridgehead atoms. The van der Waals surface area contributed by atoms with Gasteiger partial charge in [0.15, 0.2) is 0 Å². The molecule has 1 rings (SSSR count). The van der Waals surface area contributed by atoms with E-state index >= 15 is 0 Å². The lowest BCUT2D eigenvalue weighted by Crippen LogP contribution is -2.10. The third-order valence-electron chi connectivity index (χ3n) is 2.05. The smallest absolute Gasteiger partial charge is 0.312 e. The molecule has 98 valence electrons. The Balaban J connectivity index is 3.32. The molecule has 6 nitrogen and oxygen atoms in total. The number of nitrogens with zero attached hydrogens (tertiary/aromatic N) is 2. The van der Waals surface area contributed by atoms with Crippen LogP contribution in [0.5, 0.6) is 0 Å². The molecule has 0 N–H and O–H groups in total. The molecule has 18 heavy (non-hydrogen) atoms. The monoisotopic (exact) mass is 264 g/mol. The topological polar surface area (TPSA) is 82.3 Å². The first kappa shape index (κ1) is 13.9. The lowest BCUT2D eigenvalue weighted by Gasteiger charge is -2.05. The van der Waals surface area contributed by atoms with E-state index in [2.05, 4.69) is 9.72 Å². The van der Waals surface area contributed by atoms with Crippen molar-refractivity contribution in [3.8, 4) is 0 Å². The van der Waals surface area contributed by atoms with Crippen LogP contribution in [0.25, 0.3) is 0 Å². The van der Waals surface area contributed by atoms with Crippen LogP contribution in [-0.2, 0) is 16.0 Å². The highest BCUT2D eigenvalue weighted by molar-refractivity contribution is 5.74. The average molecular weight is 264 g/mol. The van der Waals surface area contributed by atoms with Gasteiger partial charge in [0.2, 0.25) is 5.82 Å². The second-order valence-electron chi connectivity index (χ2n) is 3.14. The highest BCUT2D eigenvalue weighted by atomic mass is 19.3. The van der Waals surface area contributed by atoms with Gasteiger partial charge < -0.3 is 4.74 Å². The van der Waals surface area contributed by atoms with E-state index in [1.54, 1.807) is 0 Å². The van der Waals surface area contributed by atoms with Crippen LogP contribution in [0.3, 0.4) is 0 Å². The van der Waals surface area contributed by atoms with Crippen LogP contribution in [0.15, 0.2) is 6.20 Å². The molecule has 0 aromatic carbocycles. The van der Waals surface area contributed by atoms with Crippen LogP contribution in [-0.4, -0.2) is 23.0 Å². The van der Waals surface area contributed by atoms with Crippen molar-refractivity contribution in [2.75, 3.05) is 7.11 Å². The Morgan fingerprint density at radius 1 is 1.61 bits per heavy atom. The molecule has 0 spiro atoms. The van der Waals surface area contributed by atoms with Crippen LogP contribution in [0, 0.1) is 15.9 Å². The Morgan fingerprint density at radius 3 is 2.67 bits per heavy atom. The quantitative estimate of drug-likeness (QED) is 0.470. The van der Waals surface area contributed by atoms with Gasteiger partial charge in [-0.15, -0.1) is 0 Å². The molecular formula is C9H7F3N2O4. The zero-order valence-electron chi connectivity index (χ0n) is 9.02. The molecule has 1 heterocycles. The summed E-state index contributed by atoms with van der Waals surface area (Å²) >= 11 is 0. The minimum atomic E-state index is -3.28. The number of ether oxygens (including phenoxy) is 1. The van der Waals surface area contributed by atoms with E-state index in [4.69, 9.17) is 0 Å². The van der Waals surface area contributed by atoms with Gasteiger partial charge >= 0.3 is 11.7 Å². The van der Waals surface area contributed by atoms with Crippen molar-refractivity contribution >= 4 is 11.7 Å². The van der Waals surface area contributed by atoms with Gasteiger partial charge in [0.05, 0.1) is 24.0 Å². The molecule has 0 radical (unpaired) electrons. The van der Waals surface area contributed by atoms with Gasteiger partial charge in [-0.2, -0.15) is 4.39 Å². The molecule has 0 unspecified atom stereocenters. The van der Waals surface area contributed by atoms with Crippen LogP contribution >= 0.6 is 0 Å². The van der Waals surface area contributed by atoms with Crippen molar-refractivity contribution in [1.82, 2.24) is 4.98 Å².